The topological polar surface area (TPSA) is 485 Å². The number of phosphoric ester groups is 2. The Kier molecular flexibility index (Phi) is 41.9. The van der Waals surface area contributed by atoms with Crippen molar-refractivity contribution in [3.8, 4) is 55.9 Å². The van der Waals surface area contributed by atoms with Gasteiger partial charge in [-0.05, 0) is 122 Å². The first-order chi connectivity index (χ1) is 61.5. The predicted molar refractivity (Wildman–Crippen MR) is 535 cm³/mol. The monoisotopic (exact) mass is 2120 g/mol. The Morgan fingerprint density at radius 1 is 0.407 bits per heavy atom. The Morgan fingerprint density at radius 3 is 1.07 bits per heavy atom. The van der Waals surface area contributed by atoms with Crippen LogP contribution in [0.15, 0.2) is 158 Å². The molecule has 12 aromatic heterocycles. The van der Waals surface area contributed by atoms with E-state index in [1.165, 1.54) is 110 Å². The van der Waals surface area contributed by atoms with E-state index in [0.29, 0.717) is 117 Å². The highest BCUT2D eigenvalue weighted by atomic mass is 35.5. The molecule has 34 nitrogen and oxygen atoms in total. The number of hydrogen-bond donors (Lipinski definition) is 11. The molecule has 3 aromatic carbocycles. The van der Waals surface area contributed by atoms with Crippen LogP contribution in [0.1, 0.15) is 112 Å². The van der Waals surface area contributed by atoms with Crippen LogP contribution in [0.25, 0.3) is 112 Å². The molecule has 12 heterocycles. The van der Waals surface area contributed by atoms with E-state index in [4.69, 9.17) is 99.6 Å². The Morgan fingerprint density at radius 2 is 0.733 bits per heavy atom. The predicted octanol–water partition coefficient (Wildman–Crippen LogP) is 17.3. The molecule has 15 aromatic rings. The lowest BCUT2D eigenvalue weighted by Gasteiger charge is -2.24. The number of benzene rings is 3. The molecule has 15 rings (SSSR count). The van der Waals surface area contributed by atoms with E-state index in [0.717, 1.165) is 18.3 Å². The van der Waals surface area contributed by atoms with E-state index >= 15 is 0 Å². The smallest absolute Gasteiger partial charge is 0.462 e. The summed E-state index contributed by atoms with van der Waals surface area (Å²) in [6, 6.07) is 17.6. The number of nitrogens with one attached hydrogen (secondary N) is 5. The van der Waals surface area contributed by atoms with Gasteiger partial charge in [0.25, 0.3) is 0 Å². The summed E-state index contributed by atoms with van der Waals surface area (Å²) >= 11 is 37.5. The number of aromatic amines is 5. The number of halogens is 11. The number of aromatic nitrogens is 17. The number of pyridine rings is 7. The second kappa shape index (κ2) is 49.4. The van der Waals surface area contributed by atoms with Crippen LogP contribution in [0.5, 0.6) is 0 Å². The Hall–Kier alpha value is -9.19. The first kappa shape index (κ1) is 115. The number of hydrogen-bond acceptors (Lipinski definition) is 20. The lowest BCUT2D eigenvalue weighted by Crippen LogP contribution is -2.39. The molecular weight excluding hydrogens is 2040 g/mol. The van der Waals surface area contributed by atoms with Crippen molar-refractivity contribution >= 4 is 215 Å². The van der Waals surface area contributed by atoms with Crippen molar-refractivity contribution in [1.29, 1.82) is 0 Å². The van der Waals surface area contributed by atoms with Gasteiger partial charge in [-0.3, -0.25) is 71.6 Å². The van der Waals surface area contributed by atoms with Gasteiger partial charge in [-0.1, -0.05) is 148 Å². The van der Waals surface area contributed by atoms with Crippen LogP contribution in [0, 0.1) is 40.9 Å². The molecule has 728 valence electrons. The van der Waals surface area contributed by atoms with E-state index in [1.54, 1.807) is 42.7 Å². The standard InChI is InChI=1S/C22H26ClFN4O3.C16H15ClF2N3O5P.C16H16ClFN3O5P.C15H14Cl2N4O2.C14H12ClFN4O.5H2S/c1-11(2)16(10-31-21(29)18(25)12(3)4)28-19-17(13-5-7-14(24)8-6-13)15(23)9-26-20(19)27-22(28)30;1-2-9(7-27-28(24,25)26)22-14-13(8-3-4-11(18)12(19)5-8)10(17)6-20-15(14)21-16(22)23;1-2-11(8-26-27(23,24)25)21-14-13(9-3-5-10(18)6-4-9)12(17)7-19-15(14)20-16(21)22;1-2-9(7-22)21-13-12(11-4-3-8(16)5-18-11)10(17)6-19-14(13)20-15(21)23;1-7(2)20-12-11(10-4-3-8(16)5-17-10)9(15)6-18-13(12)19-14(20)21;;;;;/h5-9,11-12,16,18H,10,25H2,1-4H3,(H,26,27,30);3-6,9H,2,7H2,1H3,(H,20,21,23)(H2,24,25,26);3-7,11H,2,8H2,1H3,(H,19,20,22)(H2,23,24,25);3-6,9,22H,2,7H2,1H3,(H,19,20,23);3-7H,1-2H3,(H,18,19,21);5*1H2/t16-,18+;9-;11-;9-;;;;;;/m1000....../s1. The molecule has 0 radical (unpaired) electrons. The second-order valence-corrected chi connectivity index (χ2v) is 35.0. The molecule has 0 aliphatic carbocycles. The molecule has 52 heteroatoms. The van der Waals surface area contributed by atoms with Crippen LogP contribution < -0.4 is 34.2 Å². The summed E-state index contributed by atoms with van der Waals surface area (Å²) in [4.78, 5) is 153. The molecule has 5 atom stereocenters. The van der Waals surface area contributed by atoms with Gasteiger partial charge in [0.2, 0.25) is 0 Å². The van der Waals surface area contributed by atoms with Crippen LogP contribution in [0.2, 0.25) is 30.1 Å². The number of fused-ring (bicyclic) bond motifs is 5. The van der Waals surface area contributed by atoms with Gasteiger partial charge in [0, 0.05) is 71.0 Å². The summed E-state index contributed by atoms with van der Waals surface area (Å²) < 4.78 is 111. The van der Waals surface area contributed by atoms with E-state index in [1.807, 2.05) is 48.5 Å². The molecule has 0 spiro atoms. The third-order valence-corrected chi connectivity index (χ3v) is 23.1. The van der Waals surface area contributed by atoms with Crippen molar-refractivity contribution < 1.29 is 74.3 Å². The number of H-pyrrole nitrogens is 5. The fraction of sp³-hybridized carbons (Fsp3) is 0.289. The fourth-order valence-corrected chi connectivity index (χ4v) is 16.1. The van der Waals surface area contributed by atoms with Crippen molar-refractivity contribution in [1.82, 2.24) is 82.6 Å². The van der Waals surface area contributed by atoms with Gasteiger partial charge in [-0.2, -0.15) is 67.5 Å². The molecule has 0 aliphatic heterocycles. The van der Waals surface area contributed by atoms with Gasteiger partial charge in [0.1, 0.15) is 30.1 Å². The minimum atomic E-state index is -4.76. The molecule has 0 fully saturated rings. The largest absolute Gasteiger partial charge is 0.469 e. The number of phosphoric acid groups is 2. The Labute approximate surface area is 829 Å². The van der Waals surface area contributed by atoms with Crippen molar-refractivity contribution in [2.45, 2.75) is 118 Å². The van der Waals surface area contributed by atoms with Gasteiger partial charge in [-0.15, -0.1) is 0 Å². The summed E-state index contributed by atoms with van der Waals surface area (Å²) in [7, 11) is -9.46. The number of esters is 1. The highest BCUT2D eigenvalue weighted by molar-refractivity contribution is 7.60. The molecule has 0 saturated carbocycles. The highest BCUT2D eigenvalue weighted by Gasteiger charge is 2.32. The van der Waals surface area contributed by atoms with Gasteiger partial charge in [0.05, 0.1) is 119 Å². The first-order valence-corrected chi connectivity index (χ1v) is 44.9. The number of rotatable bonds is 25. The number of nitrogens with two attached hydrogens (primary N) is 1. The SMILES string of the molecule is CC(C)[C@H](N)C(=O)OC[C@H](C(C)C)n1c(=O)[nH]c2ncc(Cl)c(-c3ccc(F)cc3)c21.CC(C)n1c(=O)[nH]c2ncc(Cl)c(-c3ccc(F)cn3)c21.CC[C@@H](CO)n1c(=O)[nH]c2ncc(Cl)c(-c3ccc(Cl)cn3)c21.CC[C@@H](COP(=O)(O)O)n1c(=O)[nH]c2ncc(Cl)c(-c3ccc(F)c(F)c3)c21.CC[C@@H](COP(=O)(O)O)n1c(=O)[nH]c2ncc(Cl)c(-c3ccc(F)cc3)c21.S.S.S.S.S. The van der Waals surface area contributed by atoms with E-state index < -0.39 is 92.7 Å². The van der Waals surface area contributed by atoms with Gasteiger partial charge in [-0.25, -0.2) is 80.0 Å². The summed E-state index contributed by atoms with van der Waals surface area (Å²) in [6.07, 6.45) is 10.8. The zero-order valence-electron chi connectivity index (χ0n) is 72.5. The maximum absolute atomic E-state index is 13.8. The maximum atomic E-state index is 13.8. The molecule has 0 unspecified atom stereocenters. The zero-order valence-corrected chi connectivity index (χ0v) is 83.8. The molecule has 0 bridgehead atoms. The maximum Gasteiger partial charge on any atom is 0.469 e. The summed E-state index contributed by atoms with van der Waals surface area (Å²) in [5.41, 5.74) is 12.2. The third-order valence-electron chi connectivity index (χ3n) is 20.5. The van der Waals surface area contributed by atoms with Crippen LogP contribution in [0.4, 0.5) is 22.0 Å². The summed E-state index contributed by atoms with van der Waals surface area (Å²) in [5, 5.41) is 11.5. The van der Waals surface area contributed by atoms with Crippen LogP contribution >= 0.6 is 153 Å². The number of nitrogens with zero attached hydrogens (tertiary/aromatic N) is 12. The molecule has 12 N–H and O–H groups in total. The first-order valence-electron chi connectivity index (χ1n) is 39.6. The fourth-order valence-electron chi connectivity index (χ4n) is 14.0. The van der Waals surface area contributed by atoms with Crippen LogP contribution in [0.3, 0.4) is 0 Å². The van der Waals surface area contributed by atoms with Gasteiger partial charge in [0.15, 0.2) is 39.9 Å². The minimum absolute atomic E-state index is 0. The summed E-state index contributed by atoms with van der Waals surface area (Å²) in [6.45, 7) is 15.5. The molecule has 0 aliphatic rings. The number of imidazole rings is 5. The average Bonchev–Trinajstić information content (AvgIpc) is 1.62. The van der Waals surface area contributed by atoms with Crippen LogP contribution in [-0.4, -0.2) is 146 Å². The number of carbonyl (C=O) groups excluding carboxylic acids is 1. The van der Waals surface area contributed by atoms with E-state index in [2.05, 4.69) is 68.9 Å². The number of aliphatic hydroxyl groups excluding tert-OH is 1. The van der Waals surface area contributed by atoms with Crippen molar-refractivity contribution in [3.05, 3.63) is 246 Å². The summed E-state index contributed by atoms with van der Waals surface area (Å²) in [5.74, 6) is -4.05. The van der Waals surface area contributed by atoms with Crippen molar-refractivity contribution in [2.24, 2.45) is 17.6 Å². The molecular formula is C83H93Cl6F5N18O16P2S5. The lowest BCUT2D eigenvalue weighted by molar-refractivity contribution is -0.147. The molecule has 135 heavy (non-hydrogen) atoms. The number of ether oxygens (including phenoxy) is 1. The Bertz CT molecular complexity index is 7090. The normalized spacial score (nSPS) is 12.5. The minimum Gasteiger partial charge on any atom is -0.462 e. The van der Waals surface area contributed by atoms with E-state index in [9.17, 15) is 65.0 Å². The average molecular weight is 2130 g/mol. The van der Waals surface area contributed by atoms with Crippen molar-refractivity contribution in [3.63, 3.8) is 0 Å². The van der Waals surface area contributed by atoms with E-state index in [-0.39, 0.29) is 173 Å². The second-order valence-electron chi connectivity index (χ2n) is 30.0. The molecule has 0 amide bonds. The van der Waals surface area contributed by atoms with Crippen LogP contribution in [-0.2, 0) is 27.7 Å². The third kappa shape index (κ3) is 26.6. The number of aliphatic hydroxyl groups is 1. The lowest BCUT2D eigenvalue weighted by atomic mass is 10.0. The molecule has 0 saturated heterocycles. The van der Waals surface area contributed by atoms with Gasteiger partial charge < -0.3 is 35.2 Å². The highest BCUT2D eigenvalue weighted by Crippen LogP contribution is 2.44. The zero-order chi connectivity index (χ0) is 95.0. The van der Waals surface area contributed by atoms with Gasteiger partial charge >= 0.3 is 50.1 Å². The van der Waals surface area contributed by atoms with Crippen molar-refractivity contribution in [2.75, 3.05) is 26.4 Å². The number of carbonyl (C=O) groups is 1. The quantitative estimate of drug-likeness (QED) is 0.0144. The Balaban J connectivity index is 0.000000258.